The van der Waals surface area contributed by atoms with Gasteiger partial charge in [0.25, 0.3) is 0 Å². The molecular weight excluding hydrogens is 333 g/mol. The lowest BCUT2D eigenvalue weighted by Gasteiger charge is -2.08. The first-order valence-corrected chi connectivity index (χ1v) is 8.41. The van der Waals surface area contributed by atoms with Crippen molar-refractivity contribution >= 4 is 29.3 Å². The van der Waals surface area contributed by atoms with Crippen LogP contribution >= 0.6 is 11.8 Å². The molecule has 0 atom stereocenters. The summed E-state index contributed by atoms with van der Waals surface area (Å²) in [4.78, 5) is 23.2. The zero-order chi connectivity index (χ0) is 17.1. The lowest BCUT2D eigenvalue weighted by Crippen LogP contribution is -2.21. The van der Waals surface area contributed by atoms with Crippen molar-refractivity contribution in [1.29, 1.82) is 0 Å². The van der Waals surface area contributed by atoms with E-state index < -0.39 is 11.7 Å². The summed E-state index contributed by atoms with van der Waals surface area (Å²) in [5.41, 5.74) is 5.66. The zero-order valence-electron chi connectivity index (χ0n) is 12.7. The monoisotopic (exact) mass is 349 g/mol. The van der Waals surface area contributed by atoms with Crippen LogP contribution in [-0.4, -0.2) is 32.3 Å². The van der Waals surface area contributed by atoms with Gasteiger partial charge in [-0.2, -0.15) is 0 Å². The van der Waals surface area contributed by atoms with Gasteiger partial charge in [0.15, 0.2) is 5.16 Å². The molecule has 0 saturated heterocycles. The second-order valence-corrected chi connectivity index (χ2v) is 6.46. The highest BCUT2D eigenvalue weighted by molar-refractivity contribution is 7.99. The van der Waals surface area contributed by atoms with Crippen LogP contribution in [-0.2, 0) is 16.1 Å². The van der Waals surface area contributed by atoms with Gasteiger partial charge < -0.3 is 11.1 Å². The molecule has 1 heterocycles. The number of amides is 2. The van der Waals surface area contributed by atoms with E-state index in [1.165, 1.54) is 18.2 Å². The number of thioether (sulfide) groups is 1. The third-order valence-corrected chi connectivity index (χ3v) is 4.41. The fourth-order valence-corrected chi connectivity index (χ4v) is 2.99. The molecule has 1 saturated carbocycles. The molecule has 0 aliphatic heterocycles. The van der Waals surface area contributed by atoms with Crippen molar-refractivity contribution in [2.24, 2.45) is 5.73 Å². The standard InChI is InChI=1S/C15H16FN5O2S/c16-10-2-1-3-11(6-10)18-13(23)8-24-15-20-19-14(9-4-5-9)21(15)7-12(17)22/h1-3,6,9H,4-5,7-8H2,(H2,17,22)(H,18,23). The Morgan fingerprint density at radius 3 is 2.83 bits per heavy atom. The highest BCUT2D eigenvalue weighted by Gasteiger charge is 2.30. The fraction of sp³-hybridized carbons (Fsp3) is 0.333. The Morgan fingerprint density at radius 2 is 2.17 bits per heavy atom. The first-order valence-electron chi connectivity index (χ1n) is 7.42. The van der Waals surface area contributed by atoms with Crippen LogP contribution in [0.4, 0.5) is 10.1 Å². The molecule has 3 rings (SSSR count). The molecule has 1 aliphatic rings. The summed E-state index contributed by atoms with van der Waals surface area (Å²) >= 11 is 1.16. The third kappa shape index (κ3) is 4.10. The van der Waals surface area contributed by atoms with Crippen molar-refractivity contribution in [3.05, 3.63) is 35.9 Å². The Morgan fingerprint density at radius 1 is 1.38 bits per heavy atom. The van der Waals surface area contributed by atoms with E-state index in [9.17, 15) is 14.0 Å². The molecule has 0 unspecified atom stereocenters. The molecule has 1 aromatic heterocycles. The van der Waals surface area contributed by atoms with E-state index in [1.807, 2.05) is 0 Å². The van der Waals surface area contributed by atoms with Gasteiger partial charge in [0.05, 0.1) is 5.75 Å². The minimum Gasteiger partial charge on any atom is -0.368 e. The lowest BCUT2D eigenvalue weighted by atomic mass is 10.3. The molecule has 0 spiro atoms. The minimum atomic E-state index is -0.484. The van der Waals surface area contributed by atoms with Crippen molar-refractivity contribution in [1.82, 2.24) is 14.8 Å². The zero-order valence-corrected chi connectivity index (χ0v) is 13.6. The Kier molecular flexibility index (Phi) is 4.79. The predicted molar refractivity (Wildman–Crippen MR) is 86.9 cm³/mol. The first-order chi connectivity index (χ1) is 11.5. The summed E-state index contributed by atoms with van der Waals surface area (Å²) in [6.07, 6.45) is 2.03. The summed E-state index contributed by atoms with van der Waals surface area (Å²) in [5.74, 6) is -0.0854. The average molecular weight is 349 g/mol. The van der Waals surface area contributed by atoms with Crippen molar-refractivity contribution < 1.29 is 14.0 Å². The Labute approximate surface area is 141 Å². The van der Waals surface area contributed by atoms with E-state index >= 15 is 0 Å². The summed E-state index contributed by atoms with van der Waals surface area (Å²) in [6.45, 7) is -0.00726. The number of nitrogens with one attached hydrogen (secondary N) is 1. The molecule has 2 aromatic rings. The van der Waals surface area contributed by atoms with E-state index in [-0.39, 0.29) is 18.2 Å². The van der Waals surface area contributed by atoms with Gasteiger partial charge in [-0.1, -0.05) is 17.8 Å². The van der Waals surface area contributed by atoms with Gasteiger partial charge in [-0.15, -0.1) is 10.2 Å². The van der Waals surface area contributed by atoms with E-state index in [1.54, 1.807) is 10.6 Å². The maximum atomic E-state index is 13.1. The molecule has 7 nitrogen and oxygen atoms in total. The number of carbonyl (C=O) groups excluding carboxylic acids is 2. The van der Waals surface area contributed by atoms with Crippen molar-refractivity contribution in [2.75, 3.05) is 11.1 Å². The smallest absolute Gasteiger partial charge is 0.237 e. The van der Waals surface area contributed by atoms with Crippen LogP contribution in [0.15, 0.2) is 29.4 Å². The van der Waals surface area contributed by atoms with Crippen LogP contribution in [0.25, 0.3) is 0 Å². The van der Waals surface area contributed by atoms with Crippen molar-refractivity contribution in [3.8, 4) is 0 Å². The number of carbonyl (C=O) groups is 2. The SMILES string of the molecule is NC(=O)Cn1c(SCC(=O)Nc2cccc(F)c2)nnc1C1CC1. The number of hydrogen-bond acceptors (Lipinski definition) is 5. The van der Waals surface area contributed by atoms with Gasteiger partial charge in [-0.05, 0) is 31.0 Å². The second kappa shape index (κ2) is 7.00. The average Bonchev–Trinajstić information content (AvgIpc) is 3.28. The number of rotatable bonds is 7. The van der Waals surface area contributed by atoms with Gasteiger partial charge in [0.2, 0.25) is 11.8 Å². The summed E-state index contributed by atoms with van der Waals surface area (Å²) in [5, 5.41) is 11.2. The van der Waals surface area contributed by atoms with E-state index in [0.29, 0.717) is 16.8 Å². The third-order valence-electron chi connectivity index (χ3n) is 3.44. The highest BCUT2D eigenvalue weighted by atomic mass is 32.2. The number of aromatic nitrogens is 3. The highest BCUT2D eigenvalue weighted by Crippen LogP contribution is 2.39. The summed E-state index contributed by atoms with van der Waals surface area (Å²) < 4.78 is 14.8. The van der Waals surface area contributed by atoms with E-state index in [2.05, 4.69) is 15.5 Å². The van der Waals surface area contributed by atoms with Gasteiger partial charge in [-0.3, -0.25) is 14.2 Å². The van der Waals surface area contributed by atoms with Crippen LogP contribution in [0.1, 0.15) is 24.6 Å². The maximum absolute atomic E-state index is 13.1. The lowest BCUT2D eigenvalue weighted by molar-refractivity contribution is -0.118. The molecule has 126 valence electrons. The molecule has 9 heteroatoms. The van der Waals surface area contributed by atoms with Crippen LogP contribution in [0.2, 0.25) is 0 Å². The second-order valence-electron chi connectivity index (χ2n) is 5.51. The Hall–Kier alpha value is -2.42. The summed E-state index contributed by atoms with van der Waals surface area (Å²) in [6, 6.07) is 5.66. The van der Waals surface area contributed by atoms with Gasteiger partial charge in [0.1, 0.15) is 18.2 Å². The minimum absolute atomic E-state index is 0.00726. The normalized spacial score (nSPS) is 13.7. The van der Waals surface area contributed by atoms with Gasteiger partial charge in [-0.25, -0.2) is 4.39 Å². The van der Waals surface area contributed by atoms with Crippen LogP contribution < -0.4 is 11.1 Å². The van der Waals surface area contributed by atoms with Crippen LogP contribution in [0.3, 0.4) is 0 Å². The van der Waals surface area contributed by atoms with Crippen molar-refractivity contribution in [3.63, 3.8) is 0 Å². The molecule has 0 radical (unpaired) electrons. The molecule has 1 fully saturated rings. The number of nitrogens with two attached hydrogens (primary N) is 1. The molecular formula is C15H16FN5O2S. The molecule has 3 N–H and O–H groups in total. The largest absolute Gasteiger partial charge is 0.368 e. The molecule has 24 heavy (non-hydrogen) atoms. The maximum Gasteiger partial charge on any atom is 0.237 e. The van der Waals surface area contributed by atoms with Crippen molar-refractivity contribution in [2.45, 2.75) is 30.5 Å². The summed E-state index contributed by atoms with van der Waals surface area (Å²) in [7, 11) is 0. The van der Waals surface area contributed by atoms with E-state index in [0.717, 1.165) is 30.4 Å². The Balaban J connectivity index is 1.63. The predicted octanol–water partition coefficient (Wildman–Crippen LogP) is 1.51. The number of nitrogens with zero attached hydrogens (tertiary/aromatic N) is 3. The van der Waals surface area contributed by atoms with Gasteiger partial charge >= 0.3 is 0 Å². The molecule has 0 bridgehead atoms. The number of anilines is 1. The topological polar surface area (TPSA) is 103 Å². The fourth-order valence-electron chi connectivity index (χ4n) is 2.25. The number of hydrogen-bond donors (Lipinski definition) is 2. The first kappa shape index (κ1) is 16.4. The number of halogens is 1. The quantitative estimate of drug-likeness (QED) is 0.738. The molecule has 2 amide bonds. The Bertz CT molecular complexity index is 775. The number of benzene rings is 1. The molecule has 1 aromatic carbocycles. The van der Waals surface area contributed by atoms with Crippen LogP contribution in [0.5, 0.6) is 0 Å². The number of primary amides is 1. The van der Waals surface area contributed by atoms with Crippen LogP contribution in [0, 0.1) is 5.82 Å². The molecule has 1 aliphatic carbocycles. The van der Waals surface area contributed by atoms with E-state index in [4.69, 9.17) is 5.73 Å². The van der Waals surface area contributed by atoms with Gasteiger partial charge in [0, 0.05) is 11.6 Å².